The van der Waals surface area contributed by atoms with Crippen molar-refractivity contribution in [2.45, 2.75) is 52.2 Å². The van der Waals surface area contributed by atoms with Crippen LogP contribution in [0, 0.1) is 0 Å². The van der Waals surface area contributed by atoms with Gasteiger partial charge in [-0.2, -0.15) is 0 Å². The first-order valence-electron chi connectivity index (χ1n) is 4.77. The van der Waals surface area contributed by atoms with Gasteiger partial charge in [0, 0.05) is 6.92 Å². The quantitative estimate of drug-likeness (QED) is 0.346. The first-order valence-corrected chi connectivity index (χ1v) is 4.77. The zero-order valence-electron chi connectivity index (χ0n) is 9.05. The molecular weight excluding hydrogens is 162 g/mol. The molecule has 0 N–H and O–H groups in total. The van der Waals surface area contributed by atoms with E-state index in [1.807, 2.05) is 27.7 Å². The molecule has 0 bridgehead atoms. The number of ether oxygens (including phenoxy) is 1. The summed E-state index contributed by atoms with van der Waals surface area (Å²) in [7, 11) is 0. The van der Waals surface area contributed by atoms with Crippen molar-refractivity contribution in [2.75, 3.05) is 0 Å². The standard InChI is InChI=1S/C11H19NO/c1-8-6-10(7-8)12-9(2)13-11(3,4)5/h10H,1,6-7H2,2-5H3. The van der Waals surface area contributed by atoms with Gasteiger partial charge in [0.15, 0.2) is 5.90 Å². The number of hydrogen-bond donors (Lipinski definition) is 0. The van der Waals surface area contributed by atoms with Crippen LogP contribution in [0.4, 0.5) is 0 Å². The molecule has 0 saturated heterocycles. The minimum Gasteiger partial charge on any atom is -0.476 e. The molecule has 0 unspecified atom stereocenters. The predicted octanol–water partition coefficient (Wildman–Crippen LogP) is 2.94. The smallest absolute Gasteiger partial charge is 0.180 e. The van der Waals surface area contributed by atoms with Gasteiger partial charge in [0.2, 0.25) is 0 Å². The molecule has 1 saturated carbocycles. The highest BCUT2D eigenvalue weighted by Gasteiger charge is 2.21. The molecule has 0 aromatic rings. The Morgan fingerprint density at radius 3 is 2.38 bits per heavy atom. The average molecular weight is 181 g/mol. The lowest BCUT2D eigenvalue weighted by atomic mass is 9.88. The van der Waals surface area contributed by atoms with Crippen LogP contribution in [0.5, 0.6) is 0 Å². The van der Waals surface area contributed by atoms with Crippen molar-refractivity contribution in [3.8, 4) is 0 Å². The highest BCUT2D eigenvalue weighted by molar-refractivity contribution is 5.74. The van der Waals surface area contributed by atoms with E-state index < -0.39 is 0 Å². The Labute approximate surface area is 80.7 Å². The molecule has 74 valence electrons. The Hall–Kier alpha value is -0.790. The summed E-state index contributed by atoms with van der Waals surface area (Å²) < 4.78 is 5.60. The van der Waals surface area contributed by atoms with Gasteiger partial charge in [-0.1, -0.05) is 12.2 Å². The van der Waals surface area contributed by atoms with E-state index >= 15 is 0 Å². The Kier molecular flexibility index (Phi) is 2.79. The van der Waals surface area contributed by atoms with Crippen LogP contribution in [0.25, 0.3) is 0 Å². The molecular formula is C11H19NO. The van der Waals surface area contributed by atoms with Gasteiger partial charge >= 0.3 is 0 Å². The highest BCUT2D eigenvalue weighted by Crippen LogP contribution is 2.27. The molecule has 2 nitrogen and oxygen atoms in total. The van der Waals surface area contributed by atoms with Gasteiger partial charge in [-0.05, 0) is 33.6 Å². The van der Waals surface area contributed by atoms with E-state index in [9.17, 15) is 0 Å². The maximum atomic E-state index is 5.60. The zero-order chi connectivity index (χ0) is 10.1. The monoisotopic (exact) mass is 181 g/mol. The lowest BCUT2D eigenvalue weighted by molar-refractivity contribution is 0.114. The van der Waals surface area contributed by atoms with Gasteiger partial charge in [-0.3, -0.25) is 4.99 Å². The molecule has 0 aromatic carbocycles. The third kappa shape index (κ3) is 3.62. The van der Waals surface area contributed by atoms with Crippen molar-refractivity contribution >= 4 is 5.90 Å². The number of hydrogen-bond acceptors (Lipinski definition) is 2. The van der Waals surface area contributed by atoms with E-state index in [2.05, 4.69) is 11.6 Å². The van der Waals surface area contributed by atoms with E-state index in [1.165, 1.54) is 5.57 Å². The van der Waals surface area contributed by atoms with Gasteiger partial charge < -0.3 is 4.74 Å². The van der Waals surface area contributed by atoms with Crippen LogP contribution in [-0.2, 0) is 4.74 Å². The SMILES string of the molecule is C=C1CC(N=C(C)OC(C)(C)C)C1. The minimum absolute atomic E-state index is 0.131. The fourth-order valence-corrected chi connectivity index (χ4v) is 1.42. The summed E-state index contributed by atoms with van der Waals surface area (Å²) in [6.45, 7) is 11.9. The zero-order valence-corrected chi connectivity index (χ0v) is 9.05. The lowest BCUT2D eigenvalue weighted by Crippen LogP contribution is -2.25. The fourth-order valence-electron chi connectivity index (χ4n) is 1.42. The third-order valence-electron chi connectivity index (χ3n) is 1.87. The van der Waals surface area contributed by atoms with Gasteiger partial charge in [0.05, 0.1) is 6.04 Å². The van der Waals surface area contributed by atoms with Crippen molar-refractivity contribution in [1.29, 1.82) is 0 Å². The number of aliphatic imine (C=N–C) groups is 1. The molecule has 0 atom stereocenters. The molecule has 0 aromatic heterocycles. The molecule has 1 aliphatic rings. The van der Waals surface area contributed by atoms with Gasteiger partial charge in [-0.15, -0.1) is 0 Å². The van der Waals surface area contributed by atoms with Gasteiger partial charge in [0.1, 0.15) is 5.60 Å². The Bertz CT molecular complexity index is 227. The largest absolute Gasteiger partial charge is 0.476 e. The summed E-state index contributed by atoms with van der Waals surface area (Å²) in [5.74, 6) is 0.796. The van der Waals surface area contributed by atoms with E-state index in [1.54, 1.807) is 0 Å². The lowest BCUT2D eigenvalue weighted by Gasteiger charge is -2.27. The Morgan fingerprint density at radius 2 is 2.00 bits per heavy atom. The van der Waals surface area contributed by atoms with E-state index in [-0.39, 0.29) is 5.60 Å². The maximum Gasteiger partial charge on any atom is 0.180 e. The van der Waals surface area contributed by atoms with Gasteiger partial charge in [-0.25, -0.2) is 0 Å². The summed E-state index contributed by atoms with van der Waals surface area (Å²) in [4.78, 5) is 4.45. The van der Waals surface area contributed by atoms with Crippen molar-refractivity contribution in [2.24, 2.45) is 4.99 Å². The molecule has 0 amide bonds. The van der Waals surface area contributed by atoms with Crippen molar-refractivity contribution < 1.29 is 4.74 Å². The second-order valence-corrected chi connectivity index (χ2v) is 4.67. The molecule has 1 aliphatic carbocycles. The number of rotatable bonds is 1. The predicted molar refractivity (Wildman–Crippen MR) is 56.1 cm³/mol. The molecule has 13 heavy (non-hydrogen) atoms. The summed E-state index contributed by atoms with van der Waals surface area (Å²) in [6.07, 6.45) is 2.07. The second-order valence-electron chi connectivity index (χ2n) is 4.67. The van der Waals surface area contributed by atoms with E-state index in [0.717, 1.165) is 18.7 Å². The van der Waals surface area contributed by atoms with Crippen LogP contribution < -0.4 is 0 Å². The summed E-state index contributed by atoms with van der Waals surface area (Å²) in [5, 5.41) is 0. The van der Waals surface area contributed by atoms with Crippen LogP contribution in [0.3, 0.4) is 0 Å². The topological polar surface area (TPSA) is 21.6 Å². The maximum absolute atomic E-state index is 5.60. The van der Waals surface area contributed by atoms with Gasteiger partial charge in [0.25, 0.3) is 0 Å². The summed E-state index contributed by atoms with van der Waals surface area (Å²) in [6, 6.07) is 0.426. The molecule has 0 spiro atoms. The number of nitrogens with zero attached hydrogens (tertiary/aromatic N) is 1. The highest BCUT2D eigenvalue weighted by atomic mass is 16.5. The Balaban J connectivity index is 2.39. The van der Waals surface area contributed by atoms with Crippen molar-refractivity contribution in [1.82, 2.24) is 0 Å². The Morgan fingerprint density at radius 1 is 1.46 bits per heavy atom. The van der Waals surface area contributed by atoms with Crippen molar-refractivity contribution in [3.05, 3.63) is 12.2 Å². The molecule has 0 aliphatic heterocycles. The fraction of sp³-hybridized carbons (Fsp3) is 0.727. The summed E-state index contributed by atoms with van der Waals surface area (Å²) in [5.41, 5.74) is 1.17. The van der Waals surface area contributed by atoms with Crippen LogP contribution in [0.15, 0.2) is 17.1 Å². The van der Waals surface area contributed by atoms with E-state index in [4.69, 9.17) is 4.74 Å². The van der Waals surface area contributed by atoms with Crippen LogP contribution >= 0.6 is 0 Å². The molecule has 0 heterocycles. The minimum atomic E-state index is -0.131. The molecule has 1 fully saturated rings. The molecule has 2 heteroatoms. The van der Waals surface area contributed by atoms with Crippen LogP contribution in [0.2, 0.25) is 0 Å². The second kappa shape index (κ2) is 3.52. The van der Waals surface area contributed by atoms with Crippen molar-refractivity contribution in [3.63, 3.8) is 0 Å². The summed E-state index contributed by atoms with van der Waals surface area (Å²) >= 11 is 0. The van der Waals surface area contributed by atoms with Crippen LogP contribution in [0.1, 0.15) is 40.5 Å². The molecule has 0 radical (unpaired) electrons. The normalized spacial score (nSPS) is 20.0. The van der Waals surface area contributed by atoms with Crippen LogP contribution in [-0.4, -0.2) is 17.5 Å². The van der Waals surface area contributed by atoms with E-state index in [0.29, 0.717) is 6.04 Å². The first-order chi connectivity index (χ1) is 5.87. The first kappa shape index (κ1) is 10.3. The third-order valence-corrected chi connectivity index (χ3v) is 1.87. The molecule has 1 rings (SSSR count). The average Bonchev–Trinajstić information content (AvgIpc) is 1.79.